The highest BCUT2D eigenvalue weighted by Crippen LogP contribution is 2.34. The van der Waals surface area contributed by atoms with Crippen molar-refractivity contribution in [1.29, 1.82) is 0 Å². The Morgan fingerprint density at radius 1 is 1.14 bits per heavy atom. The second kappa shape index (κ2) is 8.41. The molecule has 1 fully saturated rings. The Morgan fingerprint density at radius 3 is 2.38 bits per heavy atom. The molecule has 1 aliphatic heterocycles. The Bertz CT molecular complexity index is 990. The van der Waals surface area contributed by atoms with E-state index in [4.69, 9.17) is 14.8 Å². The van der Waals surface area contributed by atoms with Crippen LogP contribution in [0.15, 0.2) is 47.4 Å². The van der Waals surface area contributed by atoms with Crippen LogP contribution in [0.1, 0.15) is 15.9 Å². The van der Waals surface area contributed by atoms with Crippen molar-refractivity contribution in [3.63, 3.8) is 0 Å². The van der Waals surface area contributed by atoms with Crippen LogP contribution in [0.5, 0.6) is 11.5 Å². The van der Waals surface area contributed by atoms with Crippen molar-refractivity contribution >= 4 is 23.1 Å². The van der Waals surface area contributed by atoms with E-state index in [0.29, 0.717) is 0 Å². The molecule has 0 saturated carbocycles. The van der Waals surface area contributed by atoms with E-state index >= 15 is 0 Å². The van der Waals surface area contributed by atoms with Crippen molar-refractivity contribution in [3.8, 4) is 11.5 Å². The molecule has 0 spiro atoms. The number of carboxylic acids is 1. The SMILES string of the molecule is O=C(O)c1c(OC2CN(S(=O)(=O)c3ccccc3)C2)ccc(CCB(O)O)c1O. The van der Waals surface area contributed by atoms with Gasteiger partial charge in [-0.1, -0.05) is 24.3 Å². The lowest BCUT2D eigenvalue weighted by Gasteiger charge is -2.38. The number of rotatable bonds is 8. The average molecular weight is 421 g/mol. The number of sulfonamides is 1. The molecule has 2 aromatic rings. The van der Waals surface area contributed by atoms with Gasteiger partial charge in [-0.15, -0.1) is 0 Å². The van der Waals surface area contributed by atoms with Gasteiger partial charge in [-0.3, -0.25) is 0 Å². The van der Waals surface area contributed by atoms with Gasteiger partial charge in [-0.2, -0.15) is 4.31 Å². The molecule has 0 amide bonds. The Hall–Kier alpha value is -2.60. The predicted octanol–water partition coefficient (Wildman–Crippen LogP) is 0.558. The second-order valence-electron chi connectivity index (χ2n) is 6.65. The fourth-order valence-corrected chi connectivity index (χ4v) is 4.52. The lowest BCUT2D eigenvalue weighted by molar-refractivity contribution is 0.0631. The molecule has 0 radical (unpaired) electrons. The van der Waals surface area contributed by atoms with Crippen molar-refractivity contribution < 1.29 is 38.2 Å². The number of aromatic hydroxyl groups is 1. The van der Waals surface area contributed by atoms with Gasteiger partial charge in [-0.05, 0) is 36.5 Å². The molecular weight excluding hydrogens is 401 g/mol. The molecule has 0 aromatic heterocycles. The lowest BCUT2D eigenvalue weighted by Crippen LogP contribution is -2.56. The van der Waals surface area contributed by atoms with Crippen LogP contribution in [0.3, 0.4) is 0 Å². The molecule has 4 N–H and O–H groups in total. The molecule has 1 heterocycles. The minimum atomic E-state index is -3.64. The summed E-state index contributed by atoms with van der Waals surface area (Å²) in [5, 5.41) is 37.6. The summed E-state index contributed by atoms with van der Waals surface area (Å²) in [4.78, 5) is 11.7. The lowest BCUT2D eigenvalue weighted by atomic mass is 9.82. The minimum Gasteiger partial charge on any atom is -0.507 e. The second-order valence-corrected chi connectivity index (χ2v) is 8.58. The van der Waals surface area contributed by atoms with Crippen LogP contribution in [0, 0.1) is 0 Å². The van der Waals surface area contributed by atoms with Gasteiger partial charge in [0.25, 0.3) is 0 Å². The smallest absolute Gasteiger partial charge is 0.451 e. The van der Waals surface area contributed by atoms with E-state index < -0.39 is 40.5 Å². The standard InChI is InChI=1S/C18H20BNO8S/c21-17-12(8-9-19(24)25)6-7-15(16(17)18(22)23)28-13-10-20(11-13)29(26,27)14-4-2-1-3-5-14/h1-7,13,21,24-25H,8-11H2,(H,22,23). The maximum absolute atomic E-state index is 12.5. The van der Waals surface area contributed by atoms with Gasteiger partial charge in [-0.25, -0.2) is 13.2 Å². The maximum atomic E-state index is 12.5. The summed E-state index contributed by atoms with van der Waals surface area (Å²) in [6.07, 6.45) is -0.561. The summed E-state index contributed by atoms with van der Waals surface area (Å²) in [6, 6.07) is 10.8. The number of phenols is 1. The van der Waals surface area contributed by atoms with Crippen molar-refractivity contribution in [1.82, 2.24) is 4.31 Å². The van der Waals surface area contributed by atoms with Crippen molar-refractivity contribution in [2.75, 3.05) is 13.1 Å². The summed E-state index contributed by atoms with van der Waals surface area (Å²) in [5.41, 5.74) is -0.205. The van der Waals surface area contributed by atoms with E-state index in [2.05, 4.69) is 0 Å². The third-order valence-corrected chi connectivity index (χ3v) is 6.44. The van der Waals surface area contributed by atoms with Crippen molar-refractivity contribution in [3.05, 3.63) is 53.6 Å². The molecule has 11 heteroatoms. The first-order valence-corrected chi connectivity index (χ1v) is 10.3. The summed E-state index contributed by atoms with van der Waals surface area (Å²) in [6.45, 7) is 0.102. The molecule has 3 rings (SSSR count). The zero-order valence-electron chi connectivity index (χ0n) is 15.3. The first-order valence-electron chi connectivity index (χ1n) is 8.86. The molecule has 1 saturated heterocycles. The number of carboxylic acid groups (broad SMARTS) is 1. The average Bonchev–Trinajstić information content (AvgIpc) is 2.63. The fourth-order valence-electron chi connectivity index (χ4n) is 3.00. The van der Waals surface area contributed by atoms with Gasteiger partial charge < -0.3 is 25.0 Å². The van der Waals surface area contributed by atoms with Gasteiger partial charge in [0, 0.05) is 0 Å². The minimum absolute atomic E-state index is 0.0511. The van der Waals surface area contributed by atoms with Gasteiger partial charge >= 0.3 is 13.1 Å². The molecule has 0 unspecified atom stereocenters. The first-order chi connectivity index (χ1) is 13.7. The van der Waals surface area contributed by atoms with Crippen LogP contribution < -0.4 is 4.74 Å². The molecule has 0 bridgehead atoms. The molecule has 0 atom stereocenters. The van der Waals surface area contributed by atoms with Gasteiger partial charge in [0.05, 0.1) is 18.0 Å². The third kappa shape index (κ3) is 4.53. The topological polar surface area (TPSA) is 145 Å². The monoisotopic (exact) mass is 421 g/mol. The van der Waals surface area contributed by atoms with E-state index in [1.165, 1.54) is 28.6 Å². The summed E-state index contributed by atoms with van der Waals surface area (Å²) >= 11 is 0. The highest BCUT2D eigenvalue weighted by molar-refractivity contribution is 7.89. The molecular formula is C18H20BNO8S. The molecule has 29 heavy (non-hydrogen) atoms. The molecule has 154 valence electrons. The fraction of sp³-hybridized carbons (Fsp3) is 0.278. The van der Waals surface area contributed by atoms with Gasteiger partial charge in [0.1, 0.15) is 23.2 Å². The van der Waals surface area contributed by atoms with Crippen molar-refractivity contribution in [2.24, 2.45) is 0 Å². The molecule has 2 aromatic carbocycles. The highest BCUT2D eigenvalue weighted by atomic mass is 32.2. The number of ether oxygens (including phenoxy) is 1. The van der Waals surface area contributed by atoms with Crippen LogP contribution in [-0.2, 0) is 16.4 Å². The van der Waals surface area contributed by atoms with E-state index in [1.807, 2.05) is 0 Å². The number of aromatic carboxylic acids is 1. The van der Waals surface area contributed by atoms with Gasteiger partial charge in [0.2, 0.25) is 10.0 Å². The van der Waals surface area contributed by atoms with E-state index in [-0.39, 0.29) is 42.0 Å². The predicted molar refractivity (Wildman–Crippen MR) is 103 cm³/mol. The van der Waals surface area contributed by atoms with Crippen LogP contribution in [-0.4, -0.2) is 65.3 Å². The van der Waals surface area contributed by atoms with Crippen LogP contribution >= 0.6 is 0 Å². The van der Waals surface area contributed by atoms with E-state index in [9.17, 15) is 23.4 Å². The molecule has 1 aliphatic rings. The van der Waals surface area contributed by atoms with Crippen LogP contribution in [0.25, 0.3) is 0 Å². The quantitative estimate of drug-likeness (QED) is 0.453. The van der Waals surface area contributed by atoms with Crippen molar-refractivity contribution in [2.45, 2.75) is 23.7 Å². The normalized spacial score (nSPS) is 15.0. The number of nitrogens with zero attached hydrogens (tertiary/aromatic N) is 1. The summed E-state index contributed by atoms with van der Waals surface area (Å²) in [5.74, 6) is -1.99. The van der Waals surface area contributed by atoms with E-state index in [1.54, 1.807) is 18.2 Å². The Kier molecular flexibility index (Phi) is 6.13. The number of benzene rings is 2. The van der Waals surface area contributed by atoms with Gasteiger partial charge in [0.15, 0.2) is 0 Å². The Labute approximate surface area is 168 Å². The molecule has 9 nitrogen and oxygen atoms in total. The highest BCUT2D eigenvalue weighted by Gasteiger charge is 2.38. The van der Waals surface area contributed by atoms with Crippen LogP contribution in [0.4, 0.5) is 0 Å². The van der Waals surface area contributed by atoms with Crippen LogP contribution in [0.2, 0.25) is 6.32 Å². The third-order valence-electron chi connectivity index (χ3n) is 4.60. The molecule has 0 aliphatic carbocycles. The zero-order chi connectivity index (χ0) is 21.2. The summed E-state index contributed by atoms with van der Waals surface area (Å²) < 4.78 is 31.9. The number of aryl methyl sites for hydroxylation is 1. The maximum Gasteiger partial charge on any atom is 0.451 e. The largest absolute Gasteiger partial charge is 0.507 e. The first kappa shape index (κ1) is 21.1. The number of hydrogen-bond acceptors (Lipinski definition) is 7. The Morgan fingerprint density at radius 2 is 1.79 bits per heavy atom. The number of carbonyl (C=O) groups is 1. The Balaban J connectivity index is 1.72. The zero-order valence-corrected chi connectivity index (χ0v) is 16.1. The number of hydrogen-bond donors (Lipinski definition) is 4. The summed E-state index contributed by atoms with van der Waals surface area (Å²) in [7, 11) is -5.22. The van der Waals surface area contributed by atoms with E-state index in [0.717, 1.165) is 0 Å².